The van der Waals surface area contributed by atoms with Gasteiger partial charge in [-0.1, -0.05) is 29.3 Å². The van der Waals surface area contributed by atoms with E-state index in [4.69, 9.17) is 23.2 Å². The molecule has 4 N–H and O–H groups in total. The number of aryl methyl sites for hydroxylation is 1. The molecule has 7 nitrogen and oxygen atoms in total. The number of hydrogen-bond acceptors (Lipinski definition) is 3. The second-order valence-electron chi connectivity index (χ2n) is 7.04. The SMILES string of the molecule is Cc1ccc(C(=O)NC2CC2)cc1NC(=O)NCCNC(=O)c1ccc(Cl)c(Cl)c1. The molecule has 2 aromatic rings. The minimum atomic E-state index is -0.429. The van der Waals surface area contributed by atoms with Crippen molar-refractivity contribution in [3.63, 3.8) is 0 Å². The Kier molecular flexibility index (Phi) is 7.18. The first-order valence-electron chi connectivity index (χ1n) is 9.53. The predicted octanol–water partition coefficient (Wildman–Crippen LogP) is 3.75. The van der Waals surface area contributed by atoms with Crippen LogP contribution in [-0.4, -0.2) is 37.0 Å². The van der Waals surface area contributed by atoms with Crippen molar-refractivity contribution in [1.29, 1.82) is 0 Å². The number of hydrogen-bond donors (Lipinski definition) is 4. The van der Waals surface area contributed by atoms with Crippen molar-refractivity contribution in [1.82, 2.24) is 16.0 Å². The normalized spacial score (nSPS) is 12.8. The van der Waals surface area contributed by atoms with E-state index >= 15 is 0 Å². The lowest BCUT2D eigenvalue weighted by atomic mass is 10.1. The van der Waals surface area contributed by atoms with Gasteiger partial charge in [0.15, 0.2) is 0 Å². The summed E-state index contributed by atoms with van der Waals surface area (Å²) in [6.45, 7) is 2.30. The highest BCUT2D eigenvalue weighted by Crippen LogP contribution is 2.23. The van der Waals surface area contributed by atoms with Crippen molar-refractivity contribution >= 4 is 46.7 Å². The van der Waals surface area contributed by atoms with E-state index in [0.717, 1.165) is 18.4 Å². The molecule has 0 radical (unpaired) electrons. The molecule has 2 aromatic carbocycles. The molecule has 0 aliphatic heterocycles. The number of benzene rings is 2. The van der Waals surface area contributed by atoms with Gasteiger partial charge in [0.25, 0.3) is 11.8 Å². The molecule has 3 rings (SSSR count). The first-order valence-corrected chi connectivity index (χ1v) is 10.3. The Labute approximate surface area is 184 Å². The first-order chi connectivity index (χ1) is 14.3. The molecule has 4 amide bonds. The molecule has 1 saturated carbocycles. The topological polar surface area (TPSA) is 99.3 Å². The van der Waals surface area contributed by atoms with Crippen molar-refractivity contribution in [2.75, 3.05) is 18.4 Å². The van der Waals surface area contributed by atoms with Crippen molar-refractivity contribution in [3.05, 3.63) is 63.1 Å². The van der Waals surface area contributed by atoms with Gasteiger partial charge in [-0.05, 0) is 55.7 Å². The van der Waals surface area contributed by atoms with Crippen molar-refractivity contribution in [2.45, 2.75) is 25.8 Å². The van der Waals surface area contributed by atoms with E-state index in [2.05, 4.69) is 21.3 Å². The van der Waals surface area contributed by atoms with Crippen LogP contribution in [0.1, 0.15) is 39.1 Å². The van der Waals surface area contributed by atoms with Crippen molar-refractivity contribution in [3.8, 4) is 0 Å². The fourth-order valence-corrected chi connectivity index (χ4v) is 2.95. The van der Waals surface area contributed by atoms with Crippen LogP contribution in [0.25, 0.3) is 0 Å². The quantitative estimate of drug-likeness (QED) is 0.485. The van der Waals surface area contributed by atoms with Gasteiger partial charge in [-0.2, -0.15) is 0 Å². The Morgan fingerprint density at radius 2 is 1.57 bits per heavy atom. The summed E-state index contributed by atoms with van der Waals surface area (Å²) in [7, 11) is 0. The second-order valence-corrected chi connectivity index (χ2v) is 7.86. The summed E-state index contributed by atoms with van der Waals surface area (Å²) < 4.78 is 0. The minimum Gasteiger partial charge on any atom is -0.350 e. The third kappa shape index (κ3) is 6.11. The number of urea groups is 1. The highest BCUT2D eigenvalue weighted by atomic mass is 35.5. The number of amides is 4. The summed E-state index contributed by atoms with van der Waals surface area (Å²) in [5.41, 5.74) is 2.26. The average Bonchev–Trinajstić information content (AvgIpc) is 3.52. The number of halogens is 2. The molecule has 1 aliphatic rings. The summed E-state index contributed by atoms with van der Waals surface area (Å²) in [6, 6.07) is 9.60. The molecule has 1 fully saturated rings. The van der Waals surface area contributed by atoms with Gasteiger partial charge >= 0.3 is 6.03 Å². The van der Waals surface area contributed by atoms with Crippen molar-refractivity contribution in [2.24, 2.45) is 0 Å². The van der Waals surface area contributed by atoms with E-state index < -0.39 is 6.03 Å². The van der Waals surface area contributed by atoms with Crippen molar-refractivity contribution < 1.29 is 14.4 Å². The Morgan fingerprint density at radius 3 is 2.27 bits per heavy atom. The Morgan fingerprint density at radius 1 is 0.900 bits per heavy atom. The zero-order chi connectivity index (χ0) is 21.7. The van der Waals surface area contributed by atoms with Crippen LogP contribution in [0.3, 0.4) is 0 Å². The lowest BCUT2D eigenvalue weighted by Crippen LogP contribution is -2.37. The van der Waals surface area contributed by atoms with Crippen LogP contribution < -0.4 is 21.3 Å². The number of rotatable bonds is 7. The van der Waals surface area contributed by atoms with Crippen LogP contribution in [0.15, 0.2) is 36.4 Å². The molecule has 0 atom stereocenters. The van der Waals surface area contributed by atoms with Gasteiger partial charge in [0.05, 0.1) is 10.0 Å². The molecule has 1 aliphatic carbocycles. The van der Waals surface area contributed by atoms with E-state index in [9.17, 15) is 14.4 Å². The fourth-order valence-electron chi connectivity index (χ4n) is 2.65. The number of nitrogens with one attached hydrogen (secondary N) is 4. The Bertz CT molecular complexity index is 977. The van der Waals surface area contributed by atoms with Gasteiger partial charge in [0, 0.05) is 35.9 Å². The minimum absolute atomic E-state index is 0.147. The van der Waals surface area contributed by atoms with Crippen LogP contribution in [0.2, 0.25) is 10.0 Å². The van der Waals surface area contributed by atoms with Gasteiger partial charge in [0.1, 0.15) is 0 Å². The highest BCUT2D eigenvalue weighted by Gasteiger charge is 2.24. The molecule has 0 aromatic heterocycles. The maximum absolute atomic E-state index is 12.2. The smallest absolute Gasteiger partial charge is 0.319 e. The van der Waals surface area contributed by atoms with Gasteiger partial charge < -0.3 is 21.3 Å². The molecule has 0 unspecified atom stereocenters. The molecule has 0 spiro atoms. The molecule has 158 valence electrons. The zero-order valence-electron chi connectivity index (χ0n) is 16.4. The third-order valence-corrected chi connectivity index (χ3v) is 5.28. The van der Waals surface area contributed by atoms with E-state index in [1.807, 2.05) is 6.92 Å². The van der Waals surface area contributed by atoms with E-state index in [1.54, 1.807) is 30.3 Å². The Balaban J connectivity index is 1.45. The molecule has 9 heteroatoms. The van der Waals surface area contributed by atoms with E-state index in [1.165, 1.54) is 6.07 Å². The van der Waals surface area contributed by atoms with Gasteiger partial charge in [-0.3, -0.25) is 9.59 Å². The fraction of sp³-hybridized carbons (Fsp3) is 0.286. The van der Waals surface area contributed by atoms with Crippen LogP contribution in [0.5, 0.6) is 0 Å². The zero-order valence-corrected chi connectivity index (χ0v) is 17.9. The first kappa shape index (κ1) is 21.9. The molecular formula is C21H22Cl2N4O3. The van der Waals surface area contributed by atoms with Gasteiger partial charge in [0.2, 0.25) is 0 Å². The summed E-state index contributed by atoms with van der Waals surface area (Å²) in [4.78, 5) is 36.4. The van der Waals surface area contributed by atoms with Gasteiger partial charge in [-0.25, -0.2) is 4.79 Å². The maximum Gasteiger partial charge on any atom is 0.319 e. The highest BCUT2D eigenvalue weighted by molar-refractivity contribution is 6.42. The molecule has 0 bridgehead atoms. The largest absolute Gasteiger partial charge is 0.350 e. The molecule has 0 heterocycles. The number of carbonyl (C=O) groups is 3. The van der Waals surface area contributed by atoms with Crippen LogP contribution in [0.4, 0.5) is 10.5 Å². The van der Waals surface area contributed by atoms with E-state index in [0.29, 0.717) is 26.9 Å². The summed E-state index contributed by atoms with van der Waals surface area (Å²) in [6.07, 6.45) is 2.01. The average molecular weight is 449 g/mol. The lowest BCUT2D eigenvalue weighted by molar-refractivity contribution is 0.0944. The molecular weight excluding hydrogens is 427 g/mol. The molecule has 30 heavy (non-hydrogen) atoms. The second kappa shape index (κ2) is 9.82. The lowest BCUT2D eigenvalue weighted by Gasteiger charge is -2.12. The molecule has 0 saturated heterocycles. The maximum atomic E-state index is 12.2. The summed E-state index contributed by atoms with van der Waals surface area (Å²) in [5, 5.41) is 11.7. The standard InChI is InChI=1S/C21H22Cl2N4O3/c1-12-2-3-14(20(29)26-15-5-6-15)11-18(12)27-21(30)25-9-8-24-19(28)13-4-7-16(22)17(23)10-13/h2-4,7,10-11,15H,5-6,8-9H2,1H3,(H,24,28)(H,26,29)(H2,25,27,30). The van der Waals surface area contributed by atoms with E-state index in [-0.39, 0.29) is 30.9 Å². The van der Waals surface area contributed by atoms with Crippen LogP contribution >= 0.6 is 23.2 Å². The third-order valence-electron chi connectivity index (χ3n) is 4.54. The van der Waals surface area contributed by atoms with Crippen LogP contribution in [-0.2, 0) is 0 Å². The number of carbonyl (C=O) groups excluding carboxylic acids is 3. The summed E-state index contributed by atoms with van der Waals surface area (Å²) >= 11 is 11.7. The van der Waals surface area contributed by atoms with Crippen LogP contribution in [0, 0.1) is 6.92 Å². The Hall–Kier alpha value is -2.77. The summed E-state index contributed by atoms with van der Waals surface area (Å²) in [5.74, 6) is -0.466. The monoisotopic (exact) mass is 448 g/mol. The van der Waals surface area contributed by atoms with Gasteiger partial charge in [-0.15, -0.1) is 0 Å². The number of anilines is 1. The predicted molar refractivity (Wildman–Crippen MR) is 117 cm³/mol.